The molecule has 2 aromatic carbocycles. The first-order valence-corrected chi connectivity index (χ1v) is 7.28. The molecule has 0 amide bonds. The van der Waals surface area contributed by atoms with Crippen molar-refractivity contribution in [3.05, 3.63) is 85.0 Å². The maximum absolute atomic E-state index is 12.1. The molecule has 2 aromatic rings. The van der Waals surface area contributed by atoms with Crippen molar-refractivity contribution in [1.29, 1.82) is 0 Å². The van der Waals surface area contributed by atoms with Gasteiger partial charge in [0, 0.05) is 11.1 Å². The normalized spacial score (nSPS) is 9.67. The van der Waals surface area contributed by atoms with Crippen LogP contribution in [0.4, 0.5) is 4.79 Å². The highest BCUT2D eigenvalue weighted by atomic mass is 16.7. The van der Waals surface area contributed by atoms with Crippen molar-refractivity contribution in [1.82, 2.24) is 0 Å². The summed E-state index contributed by atoms with van der Waals surface area (Å²) in [6, 6.07) is 10.6. The lowest BCUT2D eigenvalue weighted by Crippen LogP contribution is -2.15. The maximum atomic E-state index is 12.1. The van der Waals surface area contributed by atoms with Crippen LogP contribution in [0.15, 0.2) is 62.7 Å². The summed E-state index contributed by atoms with van der Waals surface area (Å²) < 4.78 is 10.5. The Balaban J connectivity index is 2.19. The van der Waals surface area contributed by atoms with E-state index < -0.39 is 6.16 Å². The number of carbonyl (C=O) groups excluding carboxylic acids is 1. The molecular weight excluding hydrogens is 300 g/mol. The van der Waals surface area contributed by atoms with E-state index >= 15 is 0 Å². The lowest BCUT2D eigenvalue weighted by atomic mass is 10.1. The van der Waals surface area contributed by atoms with Crippen LogP contribution in [0.2, 0.25) is 0 Å². The van der Waals surface area contributed by atoms with Gasteiger partial charge in [0.1, 0.15) is 11.5 Å². The zero-order valence-corrected chi connectivity index (χ0v) is 13.3. The van der Waals surface area contributed by atoms with E-state index in [1.54, 1.807) is 48.6 Å². The first kappa shape index (κ1) is 17.0. The molecule has 120 valence electrons. The van der Waals surface area contributed by atoms with Crippen LogP contribution >= 0.6 is 0 Å². The number of rotatable bonds is 6. The Morgan fingerprint density at radius 1 is 0.708 bits per heavy atom. The number of ether oxygens (including phenoxy) is 2. The van der Waals surface area contributed by atoms with Crippen LogP contribution < -0.4 is 9.47 Å². The maximum Gasteiger partial charge on any atom is 0.519 e. The van der Waals surface area contributed by atoms with Crippen molar-refractivity contribution in [2.75, 3.05) is 0 Å². The van der Waals surface area contributed by atoms with Gasteiger partial charge in [0.15, 0.2) is 0 Å². The number of carbonyl (C=O) groups is 1. The molecule has 0 unspecified atom stereocenters. The molecule has 24 heavy (non-hydrogen) atoms. The van der Waals surface area contributed by atoms with Crippen LogP contribution in [0.3, 0.4) is 0 Å². The monoisotopic (exact) mass is 318 g/mol. The molecule has 0 N–H and O–H groups in total. The Kier molecular flexibility index (Phi) is 5.53. The van der Waals surface area contributed by atoms with E-state index in [9.17, 15) is 4.79 Å². The highest BCUT2D eigenvalue weighted by Gasteiger charge is 2.12. The molecule has 0 aliphatic carbocycles. The molecule has 2 rings (SSSR count). The van der Waals surface area contributed by atoms with Gasteiger partial charge in [-0.05, 0) is 35.4 Å². The van der Waals surface area contributed by atoms with Crippen molar-refractivity contribution in [2.24, 2.45) is 0 Å². The molecule has 0 radical (unpaired) electrons. The van der Waals surface area contributed by atoms with E-state index in [4.69, 9.17) is 9.47 Å². The summed E-state index contributed by atoms with van der Waals surface area (Å²) in [5, 5.41) is 0. The summed E-state index contributed by atoms with van der Waals surface area (Å²) in [5.74, 6) is 0.729. The molecule has 0 aliphatic heterocycles. The quantitative estimate of drug-likeness (QED) is 0.496. The lowest BCUT2D eigenvalue weighted by Gasteiger charge is -2.11. The third kappa shape index (κ3) is 3.90. The van der Waals surface area contributed by atoms with Gasteiger partial charge >= 0.3 is 6.16 Å². The number of hydrogen-bond acceptors (Lipinski definition) is 3. The molecule has 0 spiro atoms. The van der Waals surface area contributed by atoms with E-state index in [2.05, 4.69) is 26.3 Å². The van der Waals surface area contributed by atoms with Crippen LogP contribution in [0, 0.1) is 0 Å². The van der Waals surface area contributed by atoms with E-state index in [1.807, 2.05) is 12.1 Å². The fourth-order valence-electron chi connectivity index (χ4n) is 2.09. The Morgan fingerprint density at radius 2 is 1.12 bits per heavy atom. The average molecular weight is 318 g/mol. The second kappa shape index (κ2) is 7.79. The zero-order chi connectivity index (χ0) is 17.5. The molecular formula is C21H18O3. The molecule has 0 aliphatic rings. The van der Waals surface area contributed by atoms with Gasteiger partial charge in [-0.3, -0.25) is 0 Å². The highest BCUT2D eigenvalue weighted by Crippen LogP contribution is 2.25. The predicted octanol–water partition coefficient (Wildman–Crippen LogP) is 5.84. The second-order valence-electron chi connectivity index (χ2n) is 4.87. The van der Waals surface area contributed by atoms with Crippen molar-refractivity contribution >= 4 is 30.5 Å². The fraction of sp³-hybridized carbons (Fsp3) is 0. The summed E-state index contributed by atoms with van der Waals surface area (Å²) in [4.78, 5) is 12.1. The van der Waals surface area contributed by atoms with Crippen molar-refractivity contribution in [3.8, 4) is 11.5 Å². The van der Waals surface area contributed by atoms with Gasteiger partial charge in [-0.15, -0.1) is 0 Å². The summed E-state index contributed by atoms with van der Waals surface area (Å²) in [6.07, 6.45) is 5.77. The molecule has 3 nitrogen and oxygen atoms in total. The average Bonchev–Trinajstić information content (AvgIpc) is 2.62. The number of hydrogen-bond donors (Lipinski definition) is 0. The van der Waals surface area contributed by atoms with E-state index in [-0.39, 0.29) is 0 Å². The SMILES string of the molecule is C=Cc1ccc(OC(=O)Oc2ccc(C=C)cc2C=C)c(C=C)c1. The first-order valence-electron chi connectivity index (χ1n) is 7.28. The van der Waals surface area contributed by atoms with Gasteiger partial charge in [-0.25, -0.2) is 4.79 Å². The third-order valence-corrected chi connectivity index (χ3v) is 3.37. The Hall–Kier alpha value is -3.33. The molecule has 0 bridgehead atoms. The van der Waals surface area contributed by atoms with Gasteiger partial charge in [0.05, 0.1) is 0 Å². The summed E-state index contributed by atoms with van der Waals surface area (Å²) in [5.41, 5.74) is 3.16. The fourth-order valence-corrected chi connectivity index (χ4v) is 2.09. The molecule has 0 saturated carbocycles. The molecule has 0 heterocycles. The van der Waals surface area contributed by atoms with E-state index in [1.165, 1.54) is 0 Å². The van der Waals surface area contributed by atoms with Crippen molar-refractivity contribution < 1.29 is 14.3 Å². The highest BCUT2D eigenvalue weighted by molar-refractivity contribution is 5.73. The smallest absolute Gasteiger partial charge is 0.394 e. The summed E-state index contributed by atoms with van der Waals surface area (Å²) in [6.45, 7) is 14.8. The van der Waals surface area contributed by atoms with Gasteiger partial charge in [-0.2, -0.15) is 0 Å². The van der Waals surface area contributed by atoms with Crippen LogP contribution in [-0.2, 0) is 0 Å². The van der Waals surface area contributed by atoms with Gasteiger partial charge < -0.3 is 9.47 Å². The third-order valence-electron chi connectivity index (χ3n) is 3.37. The lowest BCUT2D eigenvalue weighted by molar-refractivity contribution is 0.151. The van der Waals surface area contributed by atoms with Crippen LogP contribution in [0.1, 0.15) is 22.3 Å². The Bertz CT molecular complexity index is 748. The Labute approximate surface area is 141 Å². The standard InChI is InChI=1S/C21H18O3/c1-5-15-9-11-19(17(7-3)13-15)23-21(22)24-20-12-10-16(6-2)14-18(20)8-4/h5-14H,1-4H2. The van der Waals surface area contributed by atoms with Crippen molar-refractivity contribution in [2.45, 2.75) is 0 Å². The number of benzene rings is 2. The van der Waals surface area contributed by atoms with Gasteiger partial charge in [-0.1, -0.05) is 62.8 Å². The zero-order valence-electron chi connectivity index (χ0n) is 13.3. The minimum atomic E-state index is -0.834. The summed E-state index contributed by atoms with van der Waals surface area (Å²) >= 11 is 0. The molecule has 0 saturated heterocycles. The van der Waals surface area contributed by atoms with E-state index in [0.29, 0.717) is 22.6 Å². The predicted molar refractivity (Wildman–Crippen MR) is 99.9 cm³/mol. The molecule has 0 aromatic heterocycles. The van der Waals surface area contributed by atoms with Crippen LogP contribution in [0.5, 0.6) is 11.5 Å². The van der Waals surface area contributed by atoms with Crippen molar-refractivity contribution in [3.63, 3.8) is 0 Å². The molecule has 0 fully saturated rings. The minimum absolute atomic E-state index is 0.364. The Morgan fingerprint density at radius 3 is 1.46 bits per heavy atom. The van der Waals surface area contributed by atoms with E-state index in [0.717, 1.165) is 11.1 Å². The molecule has 3 heteroatoms. The van der Waals surface area contributed by atoms with Gasteiger partial charge in [0.25, 0.3) is 0 Å². The van der Waals surface area contributed by atoms with Crippen LogP contribution in [0.25, 0.3) is 24.3 Å². The topological polar surface area (TPSA) is 35.5 Å². The first-order chi connectivity index (χ1) is 11.6. The van der Waals surface area contributed by atoms with Gasteiger partial charge in [0.2, 0.25) is 0 Å². The van der Waals surface area contributed by atoms with Crippen LogP contribution in [-0.4, -0.2) is 6.16 Å². The molecule has 0 atom stereocenters. The summed E-state index contributed by atoms with van der Waals surface area (Å²) in [7, 11) is 0. The largest absolute Gasteiger partial charge is 0.519 e. The minimum Gasteiger partial charge on any atom is -0.394 e. The second-order valence-corrected chi connectivity index (χ2v) is 4.87.